The molecule has 0 spiro atoms. The molecular formula is C4H8Cl2O2S. The van der Waals surface area contributed by atoms with Crippen molar-refractivity contribution < 1.29 is 8.42 Å². The molecule has 0 saturated heterocycles. The maximum atomic E-state index is 10.3. The monoisotopic (exact) mass is 190 g/mol. The lowest BCUT2D eigenvalue weighted by atomic mass is 10.3. The Kier molecular flexibility index (Phi) is 3.85. The quantitative estimate of drug-likeness (QED) is 0.499. The van der Waals surface area contributed by atoms with Gasteiger partial charge in [-0.05, 0) is 5.92 Å². The van der Waals surface area contributed by atoms with Gasteiger partial charge >= 0.3 is 0 Å². The largest absolute Gasteiger partial charge is 0.232 e. The fraction of sp³-hybridized carbons (Fsp3) is 1.00. The minimum absolute atomic E-state index is 0.0436. The summed E-state index contributed by atoms with van der Waals surface area (Å²) in [7, 11) is 1.57. The fourth-order valence-electron chi connectivity index (χ4n) is 0.384. The van der Waals surface area contributed by atoms with E-state index >= 15 is 0 Å². The Morgan fingerprint density at radius 2 is 2.00 bits per heavy atom. The number of hydrogen-bond donors (Lipinski definition) is 0. The molecule has 0 rings (SSSR count). The SMILES string of the molecule is CC(CCl)CS(=O)(=O)Cl. The molecule has 0 saturated carbocycles. The van der Waals surface area contributed by atoms with Crippen LogP contribution in [-0.2, 0) is 9.05 Å². The van der Waals surface area contributed by atoms with Gasteiger partial charge in [0.25, 0.3) is 0 Å². The average Bonchev–Trinajstić information content (AvgIpc) is 1.62. The van der Waals surface area contributed by atoms with E-state index in [0.29, 0.717) is 5.88 Å². The third-order valence-electron chi connectivity index (χ3n) is 0.747. The minimum Gasteiger partial charge on any atom is -0.212 e. The number of alkyl halides is 1. The molecule has 2 nitrogen and oxygen atoms in total. The van der Waals surface area contributed by atoms with Gasteiger partial charge in [0.2, 0.25) is 9.05 Å². The molecule has 0 fully saturated rings. The molecule has 9 heavy (non-hydrogen) atoms. The Balaban J connectivity index is 3.75. The van der Waals surface area contributed by atoms with Crippen LogP contribution in [0.15, 0.2) is 0 Å². The van der Waals surface area contributed by atoms with Gasteiger partial charge in [-0.25, -0.2) is 8.42 Å². The molecule has 1 unspecified atom stereocenters. The zero-order valence-electron chi connectivity index (χ0n) is 4.97. The Morgan fingerprint density at radius 1 is 1.56 bits per heavy atom. The third kappa shape index (κ3) is 6.41. The topological polar surface area (TPSA) is 34.1 Å². The van der Waals surface area contributed by atoms with Crippen molar-refractivity contribution in [1.82, 2.24) is 0 Å². The van der Waals surface area contributed by atoms with Crippen LogP contribution in [0.25, 0.3) is 0 Å². The van der Waals surface area contributed by atoms with Gasteiger partial charge in [-0.1, -0.05) is 6.92 Å². The van der Waals surface area contributed by atoms with Gasteiger partial charge in [0.05, 0.1) is 5.75 Å². The first-order valence-electron chi connectivity index (χ1n) is 2.44. The molecule has 0 aromatic heterocycles. The predicted molar refractivity (Wildman–Crippen MR) is 39.5 cm³/mol. The minimum atomic E-state index is -3.35. The second kappa shape index (κ2) is 3.64. The summed E-state index contributed by atoms with van der Waals surface area (Å²) in [6, 6.07) is 0. The molecule has 56 valence electrons. The summed E-state index contributed by atoms with van der Waals surface area (Å²) in [5, 5.41) is 0. The molecule has 0 aliphatic rings. The smallest absolute Gasteiger partial charge is 0.212 e. The lowest BCUT2D eigenvalue weighted by Crippen LogP contribution is -2.09. The van der Waals surface area contributed by atoms with Gasteiger partial charge in [0, 0.05) is 16.6 Å². The summed E-state index contributed by atoms with van der Waals surface area (Å²) in [4.78, 5) is 0. The molecule has 1 atom stereocenters. The molecule has 0 aromatic rings. The van der Waals surface area contributed by atoms with Crippen LogP contribution >= 0.6 is 22.3 Å². The normalized spacial score (nSPS) is 15.4. The molecule has 0 heterocycles. The number of halogens is 2. The first-order chi connectivity index (χ1) is 3.95. The van der Waals surface area contributed by atoms with Crippen molar-refractivity contribution in [2.45, 2.75) is 6.92 Å². The van der Waals surface area contributed by atoms with Gasteiger partial charge in [-0.3, -0.25) is 0 Å². The lowest BCUT2D eigenvalue weighted by Gasteiger charge is -2.01. The summed E-state index contributed by atoms with van der Waals surface area (Å²) >= 11 is 5.33. The summed E-state index contributed by atoms with van der Waals surface area (Å²) in [5.74, 6) is 0.221. The van der Waals surface area contributed by atoms with Crippen molar-refractivity contribution in [2.24, 2.45) is 5.92 Å². The molecular weight excluding hydrogens is 183 g/mol. The van der Waals surface area contributed by atoms with Crippen molar-refractivity contribution in [1.29, 1.82) is 0 Å². The van der Waals surface area contributed by atoms with Crippen LogP contribution in [0.4, 0.5) is 0 Å². The highest BCUT2D eigenvalue weighted by molar-refractivity contribution is 8.13. The van der Waals surface area contributed by atoms with E-state index in [4.69, 9.17) is 22.3 Å². The van der Waals surface area contributed by atoms with Crippen molar-refractivity contribution in [3.63, 3.8) is 0 Å². The summed E-state index contributed by atoms with van der Waals surface area (Å²) in [6.07, 6.45) is 0. The van der Waals surface area contributed by atoms with Crippen LogP contribution in [0.3, 0.4) is 0 Å². The highest BCUT2D eigenvalue weighted by Gasteiger charge is 2.10. The van der Waals surface area contributed by atoms with Gasteiger partial charge in [0.15, 0.2) is 0 Å². The first-order valence-corrected chi connectivity index (χ1v) is 5.45. The first kappa shape index (κ1) is 9.53. The van der Waals surface area contributed by atoms with Crippen molar-refractivity contribution >= 4 is 31.3 Å². The van der Waals surface area contributed by atoms with Crippen molar-refractivity contribution in [3.05, 3.63) is 0 Å². The van der Waals surface area contributed by atoms with Gasteiger partial charge in [-0.15, -0.1) is 11.6 Å². The highest BCUT2D eigenvalue weighted by Crippen LogP contribution is 2.06. The predicted octanol–water partition coefficient (Wildman–Crippen LogP) is 1.43. The van der Waals surface area contributed by atoms with E-state index in [9.17, 15) is 8.42 Å². The number of rotatable bonds is 3. The van der Waals surface area contributed by atoms with E-state index in [-0.39, 0.29) is 11.7 Å². The van der Waals surface area contributed by atoms with E-state index in [1.807, 2.05) is 0 Å². The fourth-order valence-corrected chi connectivity index (χ4v) is 2.07. The molecule has 0 N–H and O–H groups in total. The summed E-state index contributed by atoms with van der Waals surface area (Å²) in [6.45, 7) is 1.73. The zero-order chi connectivity index (χ0) is 7.49. The Morgan fingerprint density at radius 3 is 2.11 bits per heavy atom. The van der Waals surface area contributed by atoms with Crippen LogP contribution in [0.5, 0.6) is 0 Å². The van der Waals surface area contributed by atoms with E-state index < -0.39 is 9.05 Å². The molecule has 0 amide bonds. The maximum Gasteiger partial charge on any atom is 0.232 e. The standard InChI is InChI=1S/C4H8Cl2O2S/c1-4(2-5)3-9(6,7)8/h4H,2-3H2,1H3. The van der Waals surface area contributed by atoms with E-state index in [1.165, 1.54) is 0 Å². The highest BCUT2D eigenvalue weighted by atomic mass is 35.7. The second-order valence-corrected chi connectivity index (χ2v) is 5.10. The summed E-state index contributed by atoms with van der Waals surface area (Å²) < 4.78 is 20.6. The van der Waals surface area contributed by atoms with E-state index in [0.717, 1.165) is 0 Å². The van der Waals surface area contributed by atoms with Gasteiger partial charge < -0.3 is 0 Å². The molecule has 5 heteroatoms. The summed E-state index contributed by atoms with van der Waals surface area (Å²) in [5.41, 5.74) is 0. The molecule has 0 bridgehead atoms. The number of hydrogen-bond acceptors (Lipinski definition) is 2. The molecule has 0 aliphatic carbocycles. The van der Waals surface area contributed by atoms with Crippen molar-refractivity contribution in [2.75, 3.05) is 11.6 Å². The molecule has 0 aromatic carbocycles. The molecule has 0 radical (unpaired) electrons. The van der Waals surface area contributed by atoms with Gasteiger partial charge in [-0.2, -0.15) is 0 Å². The van der Waals surface area contributed by atoms with Gasteiger partial charge in [0.1, 0.15) is 0 Å². The van der Waals surface area contributed by atoms with Crippen LogP contribution in [0.1, 0.15) is 6.92 Å². The maximum absolute atomic E-state index is 10.3. The van der Waals surface area contributed by atoms with Crippen molar-refractivity contribution in [3.8, 4) is 0 Å². The third-order valence-corrected chi connectivity index (χ3v) is 2.62. The lowest BCUT2D eigenvalue weighted by molar-refractivity contribution is 0.597. The second-order valence-electron chi connectivity index (χ2n) is 1.96. The Labute approximate surface area is 64.6 Å². The Hall–Kier alpha value is 0.530. The zero-order valence-corrected chi connectivity index (χ0v) is 7.30. The van der Waals surface area contributed by atoms with E-state index in [1.54, 1.807) is 6.92 Å². The van der Waals surface area contributed by atoms with Crippen LogP contribution < -0.4 is 0 Å². The Bertz CT molecular complexity index is 163. The van der Waals surface area contributed by atoms with Crippen LogP contribution in [0, 0.1) is 5.92 Å². The molecule has 0 aliphatic heterocycles. The average molecular weight is 191 g/mol. The van der Waals surface area contributed by atoms with E-state index in [2.05, 4.69) is 0 Å². The van der Waals surface area contributed by atoms with Crippen LogP contribution in [-0.4, -0.2) is 20.1 Å². The van der Waals surface area contributed by atoms with Crippen LogP contribution in [0.2, 0.25) is 0 Å².